The molecule has 3 aromatic carbocycles. The van der Waals surface area contributed by atoms with Crippen LogP contribution in [-0.2, 0) is 28.0 Å². The maximum atomic E-state index is 13.9. The van der Waals surface area contributed by atoms with E-state index in [1.807, 2.05) is 66.7 Å². The summed E-state index contributed by atoms with van der Waals surface area (Å²) >= 11 is 10.1. The molecule has 1 N–H and O–H groups in total. The summed E-state index contributed by atoms with van der Waals surface area (Å²) in [6, 6.07) is 22.6. The zero-order valence-electron chi connectivity index (χ0n) is 23.5. The maximum absolute atomic E-state index is 13.9. The number of hydrogen-bond donors (Lipinski definition) is 1. The molecule has 1 aliphatic rings. The minimum Gasteiger partial charge on any atom is -0.483 e. The van der Waals surface area contributed by atoms with Crippen LogP contribution in [0, 0.1) is 0 Å². The van der Waals surface area contributed by atoms with Crippen LogP contribution in [-0.4, -0.2) is 35.4 Å². The number of carbonyl (C=O) groups is 2. The lowest BCUT2D eigenvalue weighted by molar-refractivity contribution is -0.143. The third-order valence-electron chi connectivity index (χ3n) is 7.42. The van der Waals surface area contributed by atoms with Crippen LogP contribution < -0.4 is 10.1 Å². The zero-order valence-corrected chi connectivity index (χ0v) is 25.8. The van der Waals surface area contributed by atoms with Crippen molar-refractivity contribution in [1.82, 2.24) is 10.2 Å². The van der Waals surface area contributed by atoms with Crippen molar-refractivity contribution in [2.45, 2.75) is 76.9 Å². The highest BCUT2D eigenvalue weighted by Gasteiger charge is 2.33. The predicted octanol–water partition coefficient (Wildman–Crippen LogP) is 7.48. The summed E-state index contributed by atoms with van der Waals surface area (Å²) in [5, 5.41) is 3.78. The smallest absolute Gasteiger partial charge is 0.261 e. The van der Waals surface area contributed by atoms with Crippen molar-refractivity contribution < 1.29 is 14.3 Å². The van der Waals surface area contributed by atoms with Gasteiger partial charge in [-0.25, -0.2) is 0 Å². The number of benzene rings is 3. The van der Waals surface area contributed by atoms with Gasteiger partial charge in [0.25, 0.3) is 5.91 Å². The van der Waals surface area contributed by atoms with Crippen LogP contribution in [0.3, 0.4) is 0 Å². The molecule has 4 rings (SSSR count). The van der Waals surface area contributed by atoms with Gasteiger partial charge in [0.15, 0.2) is 6.61 Å². The number of carbonyl (C=O) groups excluding carboxylic acids is 2. The van der Waals surface area contributed by atoms with E-state index in [4.69, 9.17) is 16.3 Å². The van der Waals surface area contributed by atoms with Gasteiger partial charge in [0.2, 0.25) is 5.91 Å². The SMILES string of the molecule is CC(C)(C)c1ccc(OCC(=O)N(Cc2ccccc2Cl)[C@H](Cc2ccccc2)C(=O)NC2CCCC2)c(Br)c1. The van der Waals surface area contributed by atoms with E-state index in [-0.39, 0.29) is 36.4 Å². The molecule has 0 unspecified atom stereocenters. The summed E-state index contributed by atoms with van der Waals surface area (Å²) in [6.07, 6.45) is 4.52. The van der Waals surface area contributed by atoms with Crippen LogP contribution in [0.1, 0.15) is 63.1 Å². The lowest BCUT2D eigenvalue weighted by Gasteiger charge is -2.32. The number of hydrogen-bond acceptors (Lipinski definition) is 3. The van der Waals surface area contributed by atoms with Gasteiger partial charge in [-0.1, -0.05) is 99.8 Å². The van der Waals surface area contributed by atoms with Crippen molar-refractivity contribution >= 4 is 39.3 Å². The van der Waals surface area contributed by atoms with Gasteiger partial charge in [-0.05, 0) is 69.1 Å². The molecular weight excluding hydrogens is 588 g/mol. The van der Waals surface area contributed by atoms with Crippen LogP contribution in [0.4, 0.5) is 0 Å². The van der Waals surface area contributed by atoms with Crippen molar-refractivity contribution in [3.8, 4) is 5.75 Å². The van der Waals surface area contributed by atoms with Gasteiger partial charge < -0.3 is 15.0 Å². The first kappa shape index (κ1) is 30.1. The van der Waals surface area contributed by atoms with E-state index >= 15 is 0 Å². The monoisotopic (exact) mass is 624 g/mol. The maximum Gasteiger partial charge on any atom is 0.261 e. The normalized spacial score (nSPS) is 14.5. The molecule has 1 saturated carbocycles. The molecule has 1 fully saturated rings. The van der Waals surface area contributed by atoms with Gasteiger partial charge in [0.1, 0.15) is 11.8 Å². The van der Waals surface area contributed by atoms with Gasteiger partial charge in [0, 0.05) is 24.0 Å². The molecule has 5 nitrogen and oxygen atoms in total. The van der Waals surface area contributed by atoms with Gasteiger partial charge in [-0.15, -0.1) is 0 Å². The molecule has 0 spiro atoms. The number of nitrogens with one attached hydrogen (secondary N) is 1. The molecule has 0 heterocycles. The lowest BCUT2D eigenvalue weighted by atomic mass is 9.87. The Labute approximate surface area is 251 Å². The van der Waals surface area contributed by atoms with Crippen LogP contribution in [0.15, 0.2) is 77.3 Å². The minimum atomic E-state index is -0.720. The predicted molar refractivity (Wildman–Crippen MR) is 165 cm³/mol. The Morgan fingerprint density at radius 2 is 1.70 bits per heavy atom. The van der Waals surface area contributed by atoms with Crippen LogP contribution in [0.5, 0.6) is 5.75 Å². The minimum absolute atomic E-state index is 0.0139. The molecule has 0 radical (unpaired) electrons. The summed E-state index contributed by atoms with van der Waals surface area (Å²) in [5.74, 6) is 0.148. The number of nitrogens with zero attached hydrogens (tertiary/aromatic N) is 1. The highest BCUT2D eigenvalue weighted by atomic mass is 79.9. The van der Waals surface area contributed by atoms with Gasteiger partial charge in [-0.2, -0.15) is 0 Å². The van der Waals surface area contributed by atoms with Crippen molar-refractivity contribution in [2.75, 3.05) is 6.61 Å². The molecule has 0 aliphatic heterocycles. The van der Waals surface area contributed by atoms with E-state index in [9.17, 15) is 9.59 Å². The fourth-order valence-electron chi connectivity index (χ4n) is 5.04. The summed E-state index contributed by atoms with van der Waals surface area (Å²) in [6.45, 7) is 6.43. The number of rotatable bonds is 10. The Hall–Kier alpha value is -2.83. The molecule has 3 aromatic rings. The lowest BCUT2D eigenvalue weighted by Crippen LogP contribution is -2.53. The van der Waals surface area contributed by atoms with Crippen molar-refractivity contribution in [3.05, 3.63) is 99.0 Å². The molecule has 212 valence electrons. The van der Waals surface area contributed by atoms with Crippen LogP contribution in [0.25, 0.3) is 0 Å². The largest absolute Gasteiger partial charge is 0.483 e. The first-order valence-electron chi connectivity index (χ1n) is 13.9. The Balaban J connectivity index is 1.62. The summed E-state index contributed by atoms with van der Waals surface area (Å²) in [5.41, 5.74) is 2.90. The number of ether oxygens (including phenoxy) is 1. The Morgan fingerprint density at radius 1 is 1.02 bits per heavy atom. The topological polar surface area (TPSA) is 58.6 Å². The van der Waals surface area contributed by atoms with Crippen molar-refractivity contribution in [3.63, 3.8) is 0 Å². The summed E-state index contributed by atoms with van der Waals surface area (Å²) < 4.78 is 6.81. The molecule has 0 saturated heterocycles. The van der Waals surface area contributed by atoms with Crippen LogP contribution >= 0.6 is 27.5 Å². The Bertz CT molecular complexity index is 1300. The van der Waals surface area contributed by atoms with E-state index in [1.165, 1.54) is 0 Å². The summed E-state index contributed by atoms with van der Waals surface area (Å²) in [4.78, 5) is 29.3. The van der Waals surface area contributed by atoms with Crippen molar-refractivity contribution in [2.24, 2.45) is 0 Å². The zero-order chi connectivity index (χ0) is 28.7. The first-order valence-corrected chi connectivity index (χ1v) is 15.1. The third kappa shape index (κ3) is 8.11. The van der Waals surface area contributed by atoms with Gasteiger partial charge >= 0.3 is 0 Å². The highest BCUT2D eigenvalue weighted by Crippen LogP contribution is 2.32. The van der Waals surface area contributed by atoms with Crippen LogP contribution in [0.2, 0.25) is 5.02 Å². The fourth-order valence-corrected chi connectivity index (χ4v) is 5.73. The molecule has 40 heavy (non-hydrogen) atoms. The second kappa shape index (κ2) is 13.7. The molecule has 7 heteroatoms. The summed E-state index contributed by atoms with van der Waals surface area (Å²) in [7, 11) is 0. The Kier molecular flexibility index (Phi) is 10.3. The van der Waals surface area contributed by atoms with E-state index in [0.717, 1.165) is 46.8 Å². The average Bonchev–Trinajstić information content (AvgIpc) is 3.43. The molecule has 2 amide bonds. The van der Waals surface area contributed by atoms with E-state index < -0.39 is 6.04 Å². The number of amides is 2. The second-order valence-corrected chi connectivity index (χ2v) is 12.8. The quantitative estimate of drug-likeness (QED) is 0.254. The molecule has 1 atom stereocenters. The fraction of sp³-hybridized carbons (Fsp3) is 0.394. The molecule has 0 aromatic heterocycles. The van der Waals surface area contributed by atoms with E-state index in [2.05, 4.69) is 42.0 Å². The van der Waals surface area contributed by atoms with E-state index in [0.29, 0.717) is 17.2 Å². The highest BCUT2D eigenvalue weighted by molar-refractivity contribution is 9.10. The van der Waals surface area contributed by atoms with Gasteiger partial charge in [0.05, 0.1) is 4.47 Å². The average molecular weight is 626 g/mol. The molecule has 1 aliphatic carbocycles. The first-order chi connectivity index (χ1) is 19.1. The number of halogens is 2. The van der Waals surface area contributed by atoms with Gasteiger partial charge in [-0.3, -0.25) is 9.59 Å². The van der Waals surface area contributed by atoms with E-state index in [1.54, 1.807) is 11.0 Å². The molecular formula is C33H38BrClN2O3. The Morgan fingerprint density at radius 3 is 2.35 bits per heavy atom. The van der Waals surface area contributed by atoms with Crippen molar-refractivity contribution in [1.29, 1.82) is 0 Å². The molecule has 0 bridgehead atoms. The standard InChI is InChI=1S/C33H38BrClN2O3/c1-33(2,3)25-17-18-30(27(34)20-25)40-22-31(38)37(21-24-13-7-10-16-28(24)35)29(19-23-11-5-4-6-12-23)32(39)36-26-14-8-9-15-26/h4-7,10-13,16-18,20,26,29H,8-9,14-15,19,21-22H2,1-3H3,(H,36,39)/t29-/m1/s1. The second-order valence-electron chi connectivity index (χ2n) is 11.5. The third-order valence-corrected chi connectivity index (χ3v) is 8.41.